The summed E-state index contributed by atoms with van der Waals surface area (Å²) < 4.78 is 26.9. The Kier molecular flexibility index (Phi) is 10.9. The van der Waals surface area contributed by atoms with Crippen molar-refractivity contribution in [3.05, 3.63) is 99.5 Å². The van der Waals surface area contributed by atoms with E-state index in [0.717, 1.165) is 59.4 Å². The van der Waals surface area contributed by atoms with Crippen molar-refractivity contribution in [3.8, 4) is 0 Å². The summed E-state index contributed by atoms with van der Waals surface area (Å²) >= 11 is 12.6. The highest BCUT2D eigenvalue weighted by atomic mass is 35.5. The molecule has 4 rings (SSSR count). The Balaban J connectivity index is 1.74. The number of hydrogen-bond acceptors (Lipinski definition) is 4. The van der Waals surface area contributed by atoms with Gasteiger partial charge in [0.1, 0.15) is 12.6 Å². The summed E-state index contributed by atoms with van der Waals surface area (Å²) in [5, 5.41) is 3.62. The average molecular weight is 631 g/mol. The fourth-order valence-corrected chi connectivity index (χ4v) is 6.67. The summed E-state index contributed by atoms with van der Waals surface area (Å²) in [6, 6.07) is 20.9. The zero-order valence-corrected chi connectivity index (χ0v) is 26.3. The first-order valence-corrected chi connectivity index (χ1v) is 16.7. The predicted octanol–water partition coefficient (Wildman–Crippen LogP) is 6.16. The molecular formula is C32H37Cl2N3O4S. The third kappa shape index (κ3) is 8.72. The number of nitrogens with zero attached hydrogens (tertiary/aromatic N) is 2. The van der Waals surface area contributed by atoms with Gasteiger partial charge >= 0.3 is 0 Å². The highest BCUT2D eigenvalue weighted by molar-refractivity contribution is 7.92. The van der Waals surface area contributed by atoms with Crippen molar-refractivity contribution in [1.29, 1.82) is 0 Å². The first kappa shape index (κ1) is 31.9. The Labute approximate surface area is 258 Å². The van der Waals surface area contributed by atoms with E-state index in [0.29, 0.717) is 0 Å². The highest BCUT2D eigenvalue weighted by Crippen LogP contribution is 2.31. The monoisotopic (exact) mass is 629 g/mol. The maximum Gasteiger partial charge on any atom is 0.244 e. The maximum atomic E-state index is 14.3. The smallest absolute Gasteiger partial charge is 0.244 e. The van der Waals surface area contributed by atoms with Crippen molar-refractivity contribution in [2.45, 2.75) is 64.1 Å². The second-order valence-corrected chi connectivity index (χ2v) is 13.7. The standard InChI is InChI=1S/C32H37Cl2N3O4S/c1-23-10-9-13-25(18-23)21-36(31(38)22-37(42(2,40)41)29-20-26(33)16-17-28(29)34)30(19-24-11-5-3-6-12-24)32(39)35-27-14-7-4-8-15-27/h3,5-6,9-13,16-18,20,27,30H,4,7-8,14-15,19,21-22H2,1-2H3,(H,35,39). The zero-order chi connectivity index (χ0) is 30.3. The molecule has 7 nitrogen and oxygen atoms in total. The van der Waals surface area contributed by atoms with Crippen LogP contribution >= 0.6 is 23.2 Å². The topological polar surface area (TPSA) is 86.8 Å². The number of aryl methyl sites for hydroxylation is 1. The molecule has 1 fully saturated rings. The minimum atomic E-state index is -3.95. The van der Waals surface area contributed by atoms with E-state index in [4.69, 9.17) is 23.2 Å². The number of nitrogens with one attached hydrogen (secondary N) is 1. The highest BCUT2D eigenvalue weighted by Gasteiger charge is 2.34. The molecule has 3 aromatic carbocycles. The normalized spacial score (nSPS) is 14.7. The van der Waals surface area contributed by atoms with E-state index in [1.807, 2.05) is 61.5 Å². The number of hydrogen-bond donors (Lipinski definition) is 1. The van der Waals surface area contributed by atoms with Gasteiger partial charge in [-0.15, -0.1) is 0 Å². The van der Waals surface area contributed by atoms with Gasteiger partial charge in [0, 0.05) is 24.0 Å². The number of anilines is 1. The van der Waals surface area contributed by atoms with Crippen molar-refractivity contribution in [2.24, 2.45) is 0 Å². The fraction of sp³-hybridized carbons (Fsp3) is 0.375. The fourth-order valence-electron chi connectivity index (χ4n) is 5.38. The number of amides is 2. The average Bonchev–Trinajstić information content (AvgIpc) is 2.95. The molecule has 1 aliphatic carbocycles. The van der Waals surface area contributed by atoms with Crippen molar-refractivity contribution >= 4 is 50.7 Å². The second kappa shape index (κ2) is 14.4. The maximum absolute atomic E-state index is 14.3. The van der Waals surface area contributed by atoms with Crippen LogP contribution in [0, 0.1) is 6.92 Å². The van der Waals surface area contributed by atoms with Crippen LogP contribution in [0.15, 0.2) is 72.8 Å². The molecule has 1 atom stereocenters. The molecule has 0 spiro atoms. The summed E-state index contributed by atoms with van der Waals surface area (Å²) in [6.07, 6.45) is 6.31. The molecule has 1 unspecified atom stereocenters. The van der Waals surface area contributed by atoms with Gasteiger partial charge in [0.05, 0.1) is 17.0 Å². The molecule has 0 saturated heterocycles. The lowest BCUT2D eigenvalue weighted by atomic mass is 9.94. The lowest BCUT2D eigenvalue weighted by Crippen LogP contribution is -2.55. The van der Waals surface area contributed by atoms with Crippen molar-refractivity contribution < 1.29 is 18.0 Å². The third-order valence-electron chi connectivity index (χ3n) is 7.51. The Morgan fingerprint density at radius 3 is 2.29 bits per heavy atom. The molecule has 1 aliphatic rings. The van der Waals surface area contributed by atoms with E-state index < -0.39 is 28.5 Å². The van der Waals surface area contributed by atoms with E-state index in [9.17, 15) is 18.0 Å². The van der Waals surface area contributed by atoms with Crippen LogP contribution in [0.1, 0.15) is 48.8 Å². The van der Waals surface area contributed by atoms with Crippen LogP contribution in [0.5, 0.6) is 0 Å². The van der Waals surface area contributed by atoms with Gasteiger partial charge in [0.15, 0.2) is 0 Å². The van der Waals surface area contributed by atoms with Gasteiger partial charge < -0.3 is 10.2 Å². The van der Waals surface area contributed by atoms with Crippen LogP contribution in [-0.2, 0) is 32.6 Å². The van der Waals surface area contributed by atoms with Crippen LogP contribution < -0.4 is 9.62 Å². The molecule has 1 N–H and O–H groups in total. The van der Waals surface area contributed by atoms with Crippen LogP contribution in [0.25, 0.3) is 0 Å². The summed E-state index contributed by atoms with van der Waals surface area (Å²) in [5.41, 5.74) is 2.83. The third-order valence-corrected chi connectivity index (χ3v) is 9.20. The Bertz CT molecular complexity index is 1490. The van der Waals surface area contributed by atoms with Gasteiger partial charge in [-0.2, -0.15) is 0 Å². The molecule has 0 aliphatic heterocycles. The van der Waals surface area contributed by atoms with E-state index in [-0.39, 0.29) is 40.6 Å². The number of halogens is 2. The SMILES string of the molecule is Cc1cccc(CN(C(=O)CN(c2cc(Cl)ccc2Cl)S(C)(=O)=O)C(Cc2ccccc2)C(=O)NC2CCCCC2)c1. The minimum Gasteiger partial charge on any atom is -0.352 e. The van der Waals surface area contributed by atoms with E-state index >= 15 is 0 Å². The molecular weight excluding hydrogens is 593 g/mol. The van der Waals surface area contributed by atoms with E-state index in [1.165, 1.54) is 17.0 Å². The summed E-state index contributed by atoms with van der Waals surface area (Å²) in [6.45, 7) is 1.53. The molecule has 0 bridgehead atoms. The van der Waals surface area contributed by atoms with E-state index in [1.54, 1.807) is 6.07 Å². The lowest BCUT2D eigenvalue weighted by Gasteiger charge is -2.35. The summed E-state index contributed by atoms with van der Waals surface area (Å²) in [4.78, 5) is 29.7. The van der Waals surface area contributed by atoms with Crippen molar-refractivity contribution in [3.63, 3.8) is 0 Å². The second-order valence-electron chi connectivity index (χ2n) is 10.9. The minimum absolute atomic E-state index is 0.0400. The molecule has 224 valence electrons. The summed E-state index contributed by atoms with van der Waals surface area (Å²) in [5.74, 6) is -0.781. The number of carbonyl (C=O) groups excluding carboxylic acids is 2. The lowest BCUT2D eigenvalue weighted by molar-refractivity contribution is -0.140. The van der Waals surface area contributed by atoms with Crippen LogP contribution in [-0.4, -0.2) is 50.0 Å². The first-order valence-electron chi connectivity index (χ1n) is 14.1. The van der Waals surface area contributed by atoms with Crippen molar-refractivity contribution in [1.82, 2.24) is 10.2 Å². The quantitative estimate of drug-likeness (QED) is 0.275. The largest absolute Gasteiger partial charge is 0.352 e. The summed E-state index contributed by atoms with van der Waals surface area (Å²) in [7, 11) is -3.95. The first-order chi connectivity index (χ1) is 20.0. The molecule has 0 aromatic heterocycles. The molecule has 3 aromatic rings. The molecule has 42 heavy (non-hydrogen) atoms. The number of carbonyl (C=O) groups is 2. The number of rotatable bonds is 11. The molecule has 10 heteroatoms. The van der Waals surface area contributed by atoms with Crippen LogP contribution in [0.4, 0.5) is 5.69 Å². The Hall–Kier alpha value is -3.07. The molecule has 1 saturated carbocycles. The van der Waals surface area contributed by atoms with E-state index in [2.05, 4.69) is 5.32 Å². The molecule has 2 amide bonds. The van der Waals surface area contributed by atoms with Crippen LogP contribution in [0.3, 0.4) is 0 Å². The Morgan fingerprint density at radius 2 is 1.62 bits per heavy atom. The molecule has 0 radical (unpaired) electrons. The molecule has 0 heterocycles. The number of benzene rings is 3. The van der Waals surface area contributed by atoms with Gasteiger partial charge in [-0.1, -0.05) is 103 Å². The Morgan fingerprint density at radius 1 is 0.929 bits per heavy atom. The van der Waals surface area contributed by atoms with Crippen molar-refractivity contribution in [2.75, 3.05) is 17.1 Å². The van der Waals surface area contributed by atoms with Gasteiger partial charge in [-0.05, 0) is 49.1 Å². The zero-order valence-electron chi connectivity index (χ0n) is 23.9. The van der Waals surface area contributed by atoms with Gasteiger partial charge in [-0.3, -0.25) is 13.9 Å². The number of sulfonamides is 1. The van der Waals surface area contributed by atoms with Gasteiger partial charge in [0.25, 0.3) is 0 Å². The van der Waals surface area contributed by atoms with Gasteiger partial charge in [0.2, 0.25) is 21.8 Å². The predicted molar refractivity (Wildman–Crippen MR) is 169 cm³/mol. The van der Waals surface area contributed by atoms with Crippen LogP contribution in [0.2, 0.25) is 10.0 Å². The van der Waals surface area contributed by atoms with Gasteiger partial charge in [-0.25, -0.2) is 8.42 Å².